The molecule has 0 bridgehead atoms. The van der Waals surface area contributed by atoms with E-state index in [0.29, 0.717) is 11.1 Å². The predicted molar refractivity (Wildman–Crippen MR) is 83.8 cm³/mol. The van der Waals surface area contributed by atoms with Crippen molar-refractivity contribution in [1.82, 2.24) is 4.98 Å². The number of carbonyl (C=O) groups excluding carboxylic acids is 1. The van der Waals surface area contributed by atoms with Crippen molar-refractivity contribution in [2.24, 2.45) is 0 Å². The van der Waals surface area contributed by atoms with E-state index >= 15 is 0 Å². The zero-order valence-corrected chi connectivity index (χ0v) is 12.8. The van der Waals surface area contributed by atoms with E-state index in [-0.39, 0.29) is 5.69 Å². The number of aromatic nitrogens is 1. The number of benzene rings is 2. The molecule has 3 nitrogen and oxygen atoms in total. The maximum absolute atomic E-state index is 12.7. The van der Waals surface area contributed by atoms with Gasteiger partial charge in [-0.2, -0.15) is 13.2 Å². The maximum Gasteiger partial charge on any atom is 0.416 e. The average molecular weight is 336 g/mol. The molecule has 0 aliphatic carbocycles. The van der Waals surface area contributed by atoms with E-state index in [1.165, 1.54) is 23.5 Å². The fraction of sp³-hybridized carbons (Fsp3) is 0.125. The number of amides is 1. The highest BCUT2D eigenvalue weighted by Gasteiger charge is 2.30. The summed E-state index contributed by atoms with van der Waals surface area (Å²) in [7, 11) is 0. The third-order valence-electron chi connectivity index (χ3n) is 3.20. The summed E-state index contributed by atoms with van der Waals surface area (Å²) in [6.45, 7) is 1.87. The molecular weight excluding hydrogens is 325 g/mol. The third kappa shape index (κ3) is 3.34. The summed E-state index contributed by atoms with van der Waals surface area (Å²) in [5.41, 5.74) is 0.338. The first-order valence-electron chi connectivity index (χ1n) is 6.69. The molecule has 0 fully saturated rings. The van der Waals surface area contributed by atoms with E-state index in [9.17, 15) is 18.0 Å². The molecule has 0 saturated carbocycles. The molecule has 7 heteroatoms. The summed E-state index contributed by atoms with van der Waals surface area (Å²) in [5, 5.41) is 3.36. The molecule has 3 rings (SSSR count). The van der Waals surface area contributed by atoms with Gasteiger partial charge in [0, 0.05) is 11.3 Å². The van der Waals surface area contributed by atoms with Crippen molar-refractivity contribution in [3.63, 3.8) is 0 Å². The zero-order valence-electron chi connectivity index (χ0n) is 11.9. The summed E-state index contributed by atoms with van der Waals surface area (Å²) in [4.78, 5) is 16.5. The van der Waals surface area contributed by atoms with E-state index in [2.05, 4.69) is 10.3 Å². The van der Waals surface area contributed by atoms with Crippen molar-refractivity contribution in [3.8, 4) is 0 Å². The number of nitrogens with zero attached hydrogens (tertiary/aromatic N) is 1. The molecule has 0 aliphatic heterocycles. The van der Waals surface area contributed by atoms with E-state index in [1.807, 2.05) is 6.92 Å². The number of hydrogen-bond donors (Lipinski definition) is 1. The second-order valence-corrected chi connectivity index (χ2v) is 6.18. The van der Waals surface area contributed by atoms with Gasteiger partial charge in [-0.05, 0) is 43.3 Å². The SMILES string of the molecule is Cc1nc2cc(C(=O)Nc3cccc(C(F)(F)F)c3)ccc2s1. The van der Waals surface area contributed by atoms with E-state index in [0.717, 1.165) is 21.8 Å². The van der Waals surface area contributed by atoms with Crippen molar-refractivity contribution >= 4 is 33.1 Å². The van der Waals surface area contributed by atoms with Gasteiger partial charge in [0.1, 0.15) is 0 Å². The van der Waals surface area contributed by atoms with Gasteiger partial charge in [0.15, 0.2) is 0 Å². The minimum Gasteiger partial charge on any atom is -0.322 e. The Morgan fingerprint density at radius 1 is 1.17 bits per heavy atom. The van der Waals surface area contributed by atoms with Gasteiger partial charge in [-0.1, -0.05) is 6.07 Å². The number of carbonyl (C=O) groups is 1. The highest BCUT2D eigenvalue weighted by molar-refractivity contribution is 7.18. The maximum atomic E-state index is 12.7. The largest absolute Gasteiger partial charge is 0.416 e. The number of alkyl halides is 3. The Labute approximate surface area is 133 Å². The summed E-state index contributed by atoms with van der Waals surface area (Å²) in [5.74, 6) is -0.475. The first-order valence-corrected chi connectivity index (χ1v) is 7.50. The van der Waals surface area contributed by atoms with Crippen molar-refractivity contribution in [2.75, 3.05) is 5.32 Å². The van der Waals surface area contributed by atoms with Crippen LogP contribution >= 0.6 is 11.3 Å². The van der Waals surface area contributed by atoms with Gasteiger partial charge in [-0.3, -0.25) is 4.79 Å². The second-order valence-electron chi connectivity index (χ2n) is 4.95. The molecular formula is C16H11F3N2OS. The second kappa shape index (κ2) is 5.66. The number of anilines is 1. The topological polar surface area (TPSA) is 42.0 Å². The molecule has 0 aliphatic rings. The Morgan fingerprint density at radius 3 is 2.70 bits per heavy atom. The number of rotatable bonds is 2. The lowest BCUT2D eigenvalue weighted by Crippen LogP contribution is -2.13. The fourth-order valence-electron chi connectivity index (χ4n) is 2.16. The Balaban J connectivity index is 1.85. The third-order valence-corrected chi connectivity index (χ3v) is 4.16. The molecule has 1 heterocycles. The van der Waals surface area contributed by atoms with Gasteiger partial charge in [-0.25, -0.2) is 4.98 Å². The van der Waals surface area contributed by atoms with Gasteiger partial charge in [0.2, 0.25) is 0 Å². The van der Waals surface area contributed by atoms with Crippen LogP contribution in [0.5, 0.6) is 0 Å². The average Bonchev–Trinajstić information content (AvgIpc) is 2.85. The summed E-state index contributed by atoms with van der Waals surface area (Å²) in [6.07, 6.45) is -4.45. The molecule has 0 atom stereocenters. The van der Waals surface area contributed by atoms with E-state index < -0.39 is 17.6 Å². The van der Waals surface area contributed by atoms with Crippen LogP contribution < -0.4 is 5.32 Å². The minimum absolute atomic E-state index is 0.0966. The van der Waals surface area contributed by atoms with Crippen LogP contribution in [0.3, 0.4) is 0 Å². The molecule has 2 aromatic carbocycles. The van der Waals surface area contributed by atoms with Crippen LogP contribution in [0, 0.1) is 6.92 Å². The first-order chi connectivity index (χ1) is 10.8. The molecule has 0 spiro atoms. The Kier molecular flexibility index (Phi) is 3.81. The smallest absolute Gasteiger partial charge is 0.322 e. The standard InChI is InChI=1S/C16H11F3N2OS/c1-9-20-13-7-10(5-6-14(13)23-9)15(22)21-12-4-2-3-11(8-12)16(17,18)19/h2-8H,1H3,(H,21,22). The Hall–Kier alpha value is -2.41. The van der Waals surface area contributed by atoms with Crippen LogP contribution in [-0.2, 0) is 6.18 Å². The fourth-order valence-corrected chi connectivity index (χ4v) is 2.97. The number of thiazole rings is 1. The zero-order chi connectivity index (χ0) is 16.6. The van der Waals surface area contributed by atoms with E-state index in [4.69, 9.17) is 0 Å². The molecule has 1 amide bonds. The highest BCUT2D eigenvalue weighted by atomic mass is 32.1. The van der Waals surface area contributed by atoms with Gasteiger partial charge in [-0.15, -0.1) is 11.3 Å². The number of hydrogen-bond acceptors (Lipinski definition) is 3. The lowest BCUT2D eigenvalue weighted by atomic mass is 10.1. The summed E-state index contributed by atoms with van der Waals surface area (Å²) < 4.78 is 39.0. The normalized spacial score (nSPS) is 11.7. The lowest BCUT2D eigenvalue weighted by molar-refractivity contribution is -0.137. The molecule has 23 heavy (non-hydrogen) atoms. The molecule has 0 unspecified atom stereocenters. The van der Waals surface area contributed by atoms with Gasteiger partial charge < -0.3 is 5.32 Å². The van der Waals surface area contributed by atoms with Crippen LogP contribution in [0.1, 0.15) is 20.9 Å². The number of nitrogens with one attached hydrogen (secondary N) is 1. The van der Waals surface area contributed by atoms with Crippen LogP contribution in [0.25, 0.3) is 10.2 Å². The van der Waals surface area contributed by atoms with Crippen molar-refractivity contribution in [2.45, 2.75) is 13.1 Å². The molecule has 0 radical (unpaired) electrons. The van der Waals surface area contributed by atoms with Gasteiger partial charge in [0.25, 0.3) is 5.91 Å². The van der Waals surface area contributed by atoms with Crippen LogP contribution in [0.4, 0.5) is 18.9 Å². The quantitative estimate of drug-likeness (QED) is 0.725. The highest BCUT2D eigenvalue weighted by Crippen LogP contribution is 2.31. The molecule has 1 N–H and O–H groups in total. The van der Waals surface area contributed by atoms with Crippen molar-refractivity contribution in [3.05, 3.63) is 58.6 Å². The first kappa shape index (κ1) is 15.5. The number of fused-ring (bicyclic) bond motifs is 1. The lowest BCUT2D eigenvalue weighted by Gasteiger charge is -2.10. The van der Waals surface area contributed by atoms with Gasteiger partial charge in [0.05, 0.1) is 20.8 Å². The van der Waals surface area contributed by atoms with Crippen LogP contribution in [0.15, 0.2) is 42.5 Å². The Morgan fingerprint density at radius 2 is 1.96 bits per heavy atom. The van der Waals surface area contributed by atoms with Crippen molar-refractivity contribution in [1.29, 1.82) is 0 Å². The predicted octanol–water partition coefficient (Wildman–Crippen LogP) is 4.88. The summed E-state index contributed by atoms with van der Waals surface area (Å²) in [6, 6.07) is 9.57. The molecule has 1 aromatic heterocycles. The van der Waals surface area contributed by atoms with Gasteiger partial charge >= 0.3 is 6.18 Å². The minimum atomic E-state index is -4.45. The van der Waals surface area contributed by atoms with E-state index in [1.54, 1.807) is 18.2 Å². The summed E-state index contributed by atoms with van der Waals surface area (Å²) >= 11 is 1.51. The number of halogens is 3. The monoisotopic (exact) mass is 336 g/mol. The number of aryl methyl sites for hydroxylation is 1. The van der Waals surface area contributed by atoms with Crippen LogP contribution in [0.2, 0.25) is 0 Å². The van der Waals surface area contributed by atoms with Crippen molar-refractivity contribution < 1.29 is 18.0 Å². The molecule has 118 valence electrons. The Bertz CT molecular complexity index is 886. The molecule has 3 aromatic rings. The van der Waals surface area contributed by atoms with Crippen LogP contribution in [-0.4, -0.2) is 10.9 Å². The molecule has 0 saturated heterocycles.